The molecule has 0 aliphatic carbocycles. The van der Waals surface area contributed by atoms with Crippen LogP contribution in [0.5, 0.6) is 5.75 Å². The number of hydrogen-bond donors (Lipinski definition) is 0. The number of rotatable bonds is 9. The third-order valence-corrected chi connectivity index (χ3v) is 12.3. The number of nitrogens with zero attached hydrogens (tertiary/aromatic N) is 6. The van der Waals surface area contributed by atoms with Crippen LogP contribution in [0, 0.1) is 11.3 Å². The predicted molar refractivity (Wildman–Crippen MR) is 171 cm³/mol. The Hall–Kier alpha value is -4.50. The molecule has 2 aromatic carbocycles. The lowest BCUT2D eigenvalue weighted by Crippen LogP contribution is -2.56. The topological polar surface area (TPSA) is 161 Å². The second-order valence-corrected chi connectivity index (χ2v) is 15.5. The molecule has 17 heteroatoms. The zero-order valence-electron chi connectivity index (χ0n) is 26.6. The van der Waals surface area contributed by atoms with Gasteiger partial charge in [0.15, 0.2) is 0 Å². The van der Waals surface area contributed by atoms with Crippen molar-refractivity contribution in [2.75, 3.05) is 45.8 Å². The summed E-state index contributed by atoms with van der Waals surface area (Å²) in [7, 11) is -7.73. The number of sulfonamides is 2. The van der Waals surface area contributed by atoms with E-state index in [1.807, 2.05) is 6.07 Å². The van der Waals surface area contributed by atoms with Gasteiger partial charge < -0.3 is 14.5 Å². The van der Waals surface area contributed by atoms with Crippen LogP contribution >= 0.6 is 0 Å². The molecule has 2 aliphatic rings. The molecular weight excluding hydrogens is 683 g/mol. The van der Waals surface area contributed by atoms with Crippen LogP contribution < -0.4 is 4.74 Å². The predicted octanol–water partition coefficient (Wildman–Crippen LogP) is 2.73. The molecule has 3 heterocycles. The summed E-state index contributed by atoms with van der Waals surface area (Å²) >= 11 is 0. The van der Waals surface area contributed by atoms with E-state index in [1.165, 1.54) is 56.1 Å². The van der Waals surface area contributed by atoms with Gasteiger partial charge in [-0.2, -0.15) is 22.7 Å². The SMILES string of the molecule is CC(C(=O)N1CCN(S(=O)(=O)c2ccc(C#N)cc2)C[C@@H]1C)c1ccc(C(=O)N2CCN(S(=O)(=O)c3ccc(OC(F)F)cc3)CC2)cn1. The highest BCUT2D eigenvalue weighted by Gasteiger charge is 2.36. The van der Waals surface area contributed by atoms with Gasteiger partial charge >= 0.3 is 6.61 Å². The molecule has 1 aromatic heterocycles. The first-order valence-electron chi connectivity index (χ1n) is 15.3. The van der Waals surface area contributed by atoms with Gasteiger partial charge in [-0.25, -0.2) is 16.8 Å². The summed E-state index contributed by atoms with van der Waals surface area (Å²) in [5, 5.41) is 8.99. The molecule has 0 N–H and O–H groups in total. The van der Waals surface area contributed by atoms with Gasteiger partial charge in [-0.1, -0.05) is 0 Å². The number of alkyl halides is 2. The molecule has 3 aromatic rings. The fourth-order valence-corrected chi connectivity index (χ4v) is 8.67. The van der Waals surface area contributed by atoms with Gasteiger partial charge in [-0.3, -0.25) is 14.6 Å². The Bertz CT molecular complexity index is 1930. The van der Waals surface area contributed by atoms with Crippen molar-refractivity contribution in [3.8, 4) is 11.8 Å². The van der Waals surface area contributed by atoms with Crippen LogP contribution in [0.2, 0.25) is 0 Å². The van der Waals surface area contributed by atoms with Gasteiger partial charge in [0.25, 0.3) is 5.91 Å². The Morgan fingerprint density at radius 1 is 0.857 bits per heavy atom. The van der Waals surface area contributed by atoms with Crippen LogP contribution in [-0.4, -0.2) is 111 Å². The highest BCUT2D eigenvalue weighted by molar-refractivity contribution is 7.89. The van der Waals surface area contributed by atoms with Crippen molar-refractivity contribution in [3.63, 3.8) is 0 Å². The molecule has 0 saturated carbocycles. The van der Waals surface area contributed by atoms with Gasteiger partial charge in [-0.05, 0) is 74.5 Å². The lowest BCUT2D eigenvalue weighted by atomic mass is 10.0. The number of halogens is 2. The van der Waals surface area contributed by atoms with E-state index >= 15 is 0 Å². The minimum Gasteiger partial charge on any atom is -0.435 e. The Balaban J connectivity index is 1.15. The van der Waals surface area contributed by atoms with Crippen LogP contribution in [0.3, 0.4) is 0 Å². The van der Waals surface area contributed by atoms with Crippen molar-refractivity contribution < 1.29 is 39.9 Å². The van der Waals surface area contributed by atoms with E-state index in [0.717, 1.165) is 12.1 Å². The van der Waals surface area contributed by atoms with E-state index in [2.05, 4.69) is 9.72 Å². The van der Waals surface area contributed by atoms with E-state index < -0.39 is 38.6 Å². The standard InChI is InChI=1S/C32H34F2N6O7S2/c1-22-21-39(49(45,46)27-8-3-24(19-35)4-9-27)17-18-40(22)30(41)23(2)29-12-5-25(20-36-29)31(42)37-13-15-38(16-14-37)48(43,44)28-10-6-26(7-11-28)47-32(33)34/h3-12,20,22-23,32H,13-18,21H2,1-2H3/t22-,23?/m0/s1. The molecule has 2 fully saturated rings. The number of pyridine rings is 1. The van der Waals surface area contributed by atoms with Crippen molar-refractivity contribution in [3.05, 3.63) is 83.7 Å². The van der Waals surface area contributed by atoms with Gasteiger partial charge in [0.05, 0.1) is 38.6 Å². The second-order valence-electron chi connectivity index (χ2n) is 11.6. The normalized spacial score (nSPS) is 18.6. The number of hydrogen-bond acceptors (Lipinski definition) is 9. The number of amides is 2. The molecule has 0 bridgehead atoms. The Morgan fingerprint density at radius 2 is 1.43 bits per heavy atom. The Morgan fingerprint density at radius 3 is 1.96 bits per heavy atom. The monoisotopic (exact) mass is 716 g/mol. The maximum absolute atomic E-state index is 13.5. The molecule has 2 saturated heterocycles. The smallest absolute Gasteiger partial charge is 0.387 e. The molecule has 2 atom stereocenters. The van der Waals surface area contributed by atoms with Crippen LogP contribution in [0.1, 0.15) is 41.4 Å². The number of carbonyl (C=O) groups is 2. The summed E-state index contributed by atoms with van der Waals surface area (Å²) in [5.41, 5.74) is 1.05. The number of benzene rings is 2. The minimum absolute atomic E-state index is 0.0284. The van der Waals surface area contributed by atoms with Crippen LogP contribution in [0.4, 0.5) is 8.78 Å². The molecule has 0 radical (unpaired) electrons. The number of nitriles is 1. The molecule has 0 spiro atoms. The van der Waals surface area contributed by atoms with Gasteiger partial charge in [0, 0.05) is 58.1 Å². The van der Waals surface area contributed by atoms with Crippen LogP contribution in [0.25, 0.3) is 0 Å². The van der Waals surface area contributed by atoms with Gasteiger partial charge in [0.2, 0.25) is 26.0 Å². The third-order valence-electron chi connectivity index (χ3n) is 8.55. The van der Waals surface area contributed by atoms with Gasteiger partial charge in [0.1, 0.15) is 5.75 Å². The molecule has 2 amide bonds. The van der Waals surface area contributed by atoms with Gasteiger partial charge in [-0.15, -0.1) is 0 Å². The van der Waals surface area contributed by atoms with Crippen molar-refractivity contribution in [2.24, 2.45) is 0 Å². The molecular formula is C32H34F2N6O7S2. The largest absolute Gasteiger partial charge is 0.435 e. The quantitative estimate of drug-likeness (QED) is 0.324. The average molecular weight is 717 g/mol. The molecule has 5 rings (SSSR count). The van der Waals surface area contributed by atoms with Crippen LogP contribution in [0.15, 0.2) is 76.7 Å². The first kappa shape index (κ1) is 35.8. The van der Waals surface area contributed by atoms with Crippen LogP contribution in [-0.2, 0) is 24.8 Å². The highest BCUT2D eigenvalue weighted by Crippen LogP contribution is 2.25. The van der Waals surface area contributed by atoms with E-state index in [4.69, 9.17) is 5.26 Å². The van der Waals surface area contributed by atoms with Crippen molar-refractivity contribution in [1.82, 2.24) is 23.4 Å². The van der Waals surface area contributed by atoms with Crippen molar-refractivity contribution in [2.45, 2.75) is 42.2 Å². The fourth-order valence-electron chi connectivity index (χ4n) is 5.74. The molecule has 1 unspecified atom stereocenters. The average Bonchev–Trinajstić information content (AvgIpc) is 3.10. The summed E-state index contributed by atoms with van der Waals surface area (Å²) < 4.78 is 84.1. The molecule has 49 heavy (non-hydrogen) atoms. The third kappa shape index (κ3) is 7.72. The maximum Gasteiger partial charge on any atom is 0.387 e. The fraction of sp³-hybridized carbons (Fsp3) is 0.375. The number of carbonyl (C=O) groups excluding carboxylic acids is 2. The maximum atomic E-state index is 13.5. The summed E-state index contributed by atoms with van der Waals surface area (Å²) in [5.74, 6) is -1.41. The number of aromatic nitrogens is 1. The summed E-state index contributed by atoms with van der Waals surface area (Å²) in [4.78, 5) is 34.2. The van der Waals surface area contributed by atoms with Crippen molar-refractivity contribution >= 4 is 31.9 Å². The lowest BCUT2D eigenvalue weighted by Gasteiger charge is -2.40. The Labute approximate surface area is 283 Å². The molecule has 13 nitrogen and oxygen atoms in total. The molecule has 2 aliphatic heterocycles. The second kappa shape index (κ2) is 14.5. The van der Waals surface area contributed by atoms with E-state index in [0.29, 0.717) is 11.3 Å². The number of ether oxygens (including phenoxy) is 1. The molecule has 260 valence electrons. The Kier molecular flexibility index (Phi) is 10.6. The summed E-state index contributed by atoms with van der Waals surface area (Å²) in [6.07, 6.45) is 1.37. The van der Waals surface area contributed by atoms with E-state index in [1.54, 1.807) is 30.9 Å². The van der Waals surface area contributed by atoms with E-state index in [-0.39, 0.29) is 78.7 Å². The van der Waals surface area contributed by atoms with E-state index in [9.17, 15) is 35.2 Å². The highest BCUT2D eigenvalue weighted by atomic mass is 32.2. The first-order valence-corrected chi connectivity index (χ1v) is 18.2. The lowest BCUT2D eigenvalue weighted by molar-refractivity contribution is -0.136. The zero-order chi connectivity index (χ0) is 35.5. The van der Waals surface area contributed by atoms with Crippen molar-refractivity contribution in [1.29, 1.82) is 5.26 Å². The minimum atomic E-state index is -3.92. The number of piperazine rings is 2. The summed E-state index contributed by atoms with van der Waals surface area (Å²) in [6, 6.07) is 15.0. The first-order chi connectivity index (χ1) is 23.2. The zero-order valence-corrected chi connectivity index (χ0v) is 28.3. The summed E-state index contributed by atoms with van der Waals surface area (Å²) in [6.45, 7) is 1.10.